The van der Waals surface area contributed by atoms with Crippen molar-refractivity contribution in [3.8, 4) is 0 Å². The number of hydrogen-bond acceptors (Lipinski definition) is 9. The molecule has 3 fully saturated rings. The second kappa shape index (κ2) is 9.08. The highest BCUT2D eigenvalue weighted by Gasteiger charge is 2.47. The molecular formula is C27H33N9O2. The molecule has 7 rings (SSSR count). The molecule has 4 aliphatic heterocycles. The summed E-state index contributed by atoms with van der Waals surface area (Å²) in [5.41, 5.74) is 10.7. The Bertz CT molecular complexity index is 1390. The van der Waals surface area contributed by atoms with E-state index >= 15 is 0 Å². The van der Waals surface area contributed by atoms with Crippen LogP contribution in [0.4, 0.5) is 28.7 Å². The van der Waals surface area contributed by atoms with Crippen LogP contribution in [0.1, 0.15) is 26.2 Å². The van der Waals surface area contributed by atoms with Crippen LogP contribution in [0.25, 0.3) is 16.0 Å². The maximum atomic E-state index is 7.52. The second-order valence-electron chi connectivity index (χ2n) is 11.0. The molecule has 38 heavy (non-hydrogen) atoms. The molecule has 1 aromatic carbocycles. The first kappa shape index (κ1) is 23.6. The first-order valence-corrected chi connectivity index (χ1v) is 13.5. The molecule has 3 atom stereocenters. The smallest absolute Gasteiger partial charge is 0.189 e. The number of aromatic nitrogens is 4. The number of nitrogens with zero attached hydrogens (tertiary/aromatic N) is 7. The van der Waals surface area contributed by atoms with Crippen LogP contribution < -0.4 is 20.4 Å². The van der Waals surface area contributed by atoms with Crippen molar-refractivity contribution in [1.29, 1.82) is 0 Å². The largest absolute Gasteiger partial charge is 0.379 e. The molecule has 0 unspecified atom stereocenters. The van der Waals surface area contributed by atoms with Crippen LogP contribution in [-0.2, 0) is 9.47 Å². The van der Waals surface area contributed by atoms with E-state index in [1.165, 1.54) is 0 Å². The maximum Gasteiger partial charge on any atom is 0.189 e. The molecule has 0 aliphatic carbocycles. The third-order valence-electron chi connectivity index (χ3n) is 9.02. The summed E-state index contributed by atoms with van der Waals surface area (Å²) in [7, 11) is 0. The fraction of sp³-hybridized carbons (Fsp3) is 0.556. The minimum absolute atomic E-state index is 0.0713. The lowest BCUT2D eigenvalue weighted by atomic mass is 9.73. The number of hydrogen-bond donors (Lipinski definition) is 2. The van der Waals surface area contributed by atoms with Gasteiger partial charge in [0.25, 0.3) is 0 Å². The van der Waals surface area contributed by atoms with Crippen molar-refractivity contribution >= 4 is 39.9 Å². The summed E-state index contributed by atoms with van der Waals surface area (Å²) < 4.78 is 11.5. The summed E-state index contributed by atoms with van der Waals surface area (Å²) >= 11 is 0. The molecule has 2 aromatic heterocycles. The molecule has 0 bridgehead atoms. The van der Waals surface area contributed by atoms with Crippen LogP contribution in [0, 0.1) is 12.0 Å². The Balaban J connectivity index is 1.16. The fourth-order valence-corrected chi connectivity index (χ4v) is 6.63. The molecular weight excluding hydrogens is 482 g/mol. The number of aromatic amines is 1. The molecule has 3 aromatic rings. The number of ether oxygens (including phenoxy) is 2. The van der Waals surface area contributed by atoms with Gasteiger partial charge in [0, 0.05) is 44.2 Å². The Morgan fingerprint density at radius 2 is 2.05 bits per heavy atom. The topological polar surface area (TPSA) is 113 Å². The zero-order valence-corrected chi connectivity index (χ0v) is 21.6. The number of fused-ring (bicyclic) bond motifs is 2. The summed E-state index contributed by atoms with van der Waals surface area (Å²) in [5.74, 6) is 1.62. The summed E-state index contributed by atoms with van der Waals surface area (Å²) in [6, 6.07) is 6.29. The first-order chi connectivity index (χ1) is 18.6. The van der Waals surface area contributed by atoms with E-state index in [2.05, 4.69) is 36.7 Å². The van der Waals surface area contributed by atoms with Crippen molar-refractivity contribution in [2.24, 2.45) is 11.1 Å². The average Bonchev–Trinajstić information content (AvgIpc) is 3.70. The molecule has 6 heterocycles. The number of benzene rings is 1. The molecule has 0 amide bonds. The quantitative estimate of drug-likeness (QED) is 0.508. The van der Waals surface area contributed by atoms with Gasteiger partial charge < -0.3 is 29.9 Å². The van der Waals surface area contributed by atoms with Gasteiger partial charge in [0.15, 0.2) is 22.7 Å². The van der Waals surface area contributed by atoms with E-state index in [9.17, 15) is 0 Å². The lowest BCUT2D eigenvalue weighted by Crippen LogP contribution is -2.50. The van der Waals surface area contributed by atoms with Crippen LogP contribution in [0.3, 0.4) is 0 Å². The van der Waals surface area contributed by atoms with Crippen molar-refractivity contribution in [3.63, 3.8) is 0 Å². The fourth-order valence-electron chi connectivity index (χ4n) is 6.63. The summed E-state index contributed by atoms with van der Waals surface area (Å²) in [6.45, 7) is 15.2. The molecule has 3 N–H and O–H groups in total. The van der Waals surface area contributed by atoms with Crippen LogP contribution in [0.5, 0.6) is 0 Å². The van der Waals surface area contributed by atoms with E-state index in [0.29, 0.717) is 17.4 Å². The molecule has 0 saturated carbocycles. The van der Waals surface area contributed by atoms with Crippen molar-refractivity contribution < 1.29 is 9.47 Å². The monoisotopic (exact) mass is 515 g/mol. The van der Waals surface area contributed by atoms with E-state index in [1.54, 1.807) is 0 Å². The van der Waals surface area contributed by atoms with Gasteiger partial charge in [-0.3, -0.25) is 5.10 Å². The van der Waals surface area contributed by atoms with Gasteiger partial charge in [0.2, 0.25) is 0 Å². The Kier molecular flexibility index (Phi) is 5.65. The Morgan fingerprint density at radius 1 is 1.18 bits per heavy atom. The van der Waals surface area contributed by atoms with Gasteiger partial charge in [-0.1, -0.05) is 6.07 Å². The predicted octanol–water partition coefficient (Wildman–Crippen LogP) is 2.98. The minimum Gasteiger partial charge on any atom is -0.379 e. The van der Waals surface area contributed by atoms with Gasteiger partial charge >= 0.3 is 0 Å². The van der Waals surface area contributed by atoms with Gasteiger partial charge in [-0.2, -0.15) is 5.10 Å². The lowest BCUT2D eigenvalue weighted by Gasteiger charge is -2.41. The molecule has 0 radical (unpaired) electrons. The van der Waals surface area contributed by atoms with E-state index in [4.69, 9.17) is 31.7 Å². The van der Waals surface area contributed by atoms with Crippen LogP contribution in [0.15, 0.2) is 24.4 Å². The highest BCUT2D eigenvalue weighted by atomic mass is 16.5. The van der Waals surface area contributed by atoms with E-state index in [1.807, 2.05) is 24.4 Å². The van der Waals surface area contributed by atoms with E-state index < -0.39 is 0 Å². The Labute approximate surface area is 221 Å². The highest BCUT2D eigenvalue weighted by molar-refractivity contribution is 5.91. The molecule has 1 spiro atoms. The second-order valence-corrected chi connectivity index (χ2v) is 11.0. The SMILES string of the molecule is [C-]#[N+]c1ccc2c(c1)N([C@H]1CCOC1)CCN2c1n[nH]c2nc(N3CCC4(CC3)CO[C@@H](C)[C@H]4N)cnc12. The van der Waals surface area contributed by atoms with Crippen LogP contribution in [0.2, 0.25) is 0 Å². The van der Waals surface area contributed by atoms with Crippen LogP contribution in [-0.4, -0.2) is 84.4 Å². The average molecular weight is 516 g/mol. The Morgan fingerprint density at radius 3 is 2.79 bits per heavy atom. The standard InChI is InChI=1S/C27H33N9O2/c1-17-24(28)27(16-38-17)6-8-34(9-7-27)22-14-30-23-25(31-22)32-33-26(23)36-11-10-35(19-5-12-37-15-19)21-13-18(29-2)3-4-20(21)36/h3-4,13-14,17,19,24H,5-12,15-16,28H2,1H3,(H,31,32,33)/t17-,19-,24+/m0/s1. The third kappa shape index (κ3) is 3.70. The molecule has 11 nitrogen and oxygen atoms in total. The van der Waals surface area contributed by atoms with Gasteiger partial charge in [0.1, 0.15) is 5.82 Å². The van der Waals surface area contributed by atoms with Gasteiger partial charge in [-0.05, 0) is 38.3 Å². The Hall–Kier alpha value is -3.46. The molecule has 11 heteroatoms. The van der Waals surface area contributed by atoms with Crippen molar-refractivity contribution in [2.75, 3.05) is 60.7 Å². The van der Waals surface area contributed by atoms with E-state index in [-0.39, 0.29) is 17.6 Å². The van der Waals surface area contributed by atoms with Gasteiger partial charge in [-0.15, -0.1) is 0 Å². The van der Waals surface area contributed by atoms with Gasteiger partial charge in [0.05, 0.1) is 49.5 Å². The van der Waals surface area contributed by atoms with Crippen molar-refractivity contribution in [2.45, 2.75) is 44.4 Å². The van der Waals surface area contributed by atoms with Crippen LogP contribution >= 0.6 is 0 Å². The maximum absolute atomic E-state index is 7.52. The highest BCUT2D eigenvalue weighted by Crippen LogP contribution is 2.44. The first-order valence-electron chi connectivity index (χ1n) is 13.5. The summed E-state index contributed by atoms with van der Waals surface area (Å²) in [6.07, 6.45) is 4.96. The van der Waals surface area contributed by atoms with Gasteiger partial charge in [-0.25, -0.2) is 14.8 Å². The number of nitrogens with two attached hydrogens (primary N) is 1. The summed E-state index contributed by atoms with van der Waals surface area (Å²) in [4.78, 5) is 20.3. The molecule has 4 aliphatic rings. The third-order valence-corrected chi connectivity index (χ3v) is 9.02. The number of rotatable bonds is 3. The lowest BCUT2D eigenvalue weighted by molar-refractivity contribution is 0.0974. The molecule has 3 saturated heterocycles. The number of anilines is 4. The summed E-state index contributed by atoms with van der Waals surface area (Å²) in [5, 5.41) is 7.80. The van der Waals surface area contributed by atoms with Crippen molar-refractivity contribution in [3.05, 3.63) is 35.8 Å². The zero-order valence-electron chi connectivity index (χ0n) is 21.6. The van der Waals surface area contributed by atoms with E-state index in [0.717, 1.165) is 93.8 Å². The number of nitrogens with one attached hydrogen (secondary N) is 1. The molecule has 198 valence electrons. The number of H-pyrrole nitrogens is 1. The minimum atomic E-state index is 0.0713. The predicted molar refractivity (Wildman–Crippen MR) is 145 cm³/mol. The number of piperidine rings is 1. The zero-order chi connectivity index (χ0) is 25.9. The van der Waals surface area contributed by atoms with Crippen molar-refractivity contribution in [1.82, 2.24) is 20.2 Å². The normalized spacial score (nSPS) is 26.8.